The second-order valence-electron chi connectivity index (χ2n) is 9.03. The van der Waals surface area contributed by atoms with Crippen molar-refractivity contribution < 1.29 is 4.79 Å². The SMILES string of the molecule is O=C(c1nn(Cc2ccccc2)c(=O)c2ccccc12)N1CCN(CCN2CCCC2)CC1. The van der Waals surface area contributed by atoms with E-state index in [4.69, 9.17) is 0 Å². The number of amides is 1. The van der Waals surface area contributed by atoms with Crippen LogP contribution in [0.1, 0.15) is 28.9 Å². The predicted molar refractivity (Wildman–Crippen MR) is 130 cm³/mol. The average Bonchev–Trinajstić information content (AvgIpc) is 3.39. The van der Waals surface area contributed by atoms with E-state index in [-0.39, 0.29) is 11.5 Å². The van der Waals surface area contributed by atoms with Gasteiger partial charge in [0.1, 0.15) is 0 Å². The Balaban J connectivity index is 1.33. The van der Waals surface area contributed by atoms with Crippen molar-refractivity contribution in [3.05, 3.63) is 76.2 Å². The summed E-state index contributed by atoms with van der Waals surface area (Å²) in [5.74, 6) is -0.0906. The van der Waals surface area contributed by atoms with Gasteiger partial charge in [0, 0.05) is 44.7 Å². The zero-order valence-electron chi connectivity index (χ0n) is 19.0. The van der Waals surface area contributed by atoms with Crippen LogP contribution in [0.3, 0.4) is 0 Å². The second-order valence-corrected chi connectivity index (χ2v) is 9.03. The van der Waals surface area contributed by atoms with Gasteiger partial charge in [0.25, 0.3) is 11.5 Å². The highest BCUT2D eigenvalue weighted by Gasteiger charge is 2.26. The van der Waals surface area contributed by atoms with Crippen LogP contribution in [0, 0.1) is 0 Å². The number of likely N-dealkylation sites (tertiary alicyclic amines) is 1. The molecule has 0 aliphatic carbocycles. The number of benzene rings is 2. The zero-order chi connectivity index (χ0) is 22.6. The van der Waals surface area contributed by atoms with E-state index in [0.29, 0.717) is 36.1 Å². The summed E-state index contributed by atoms with van der Waals surface area (Å²) in [6.45, 7) is 8.08. The largest absolute Gasteiger partial charge is 0.335 e. The van der Waals surface area contributed by atoms with Crippen molar-refractivity contribution in [1.82, 2.24) is 24.5 Å². The minimum absolute atomic E-state index is 0.0906. The molecule has 2 saturated heterocycles. The van der Waals surface area contributed by atoms with E-state index in [2.05, 4.69) is 14.9 Å². The van der Waals surface area contributed by atoms with Gasteiger partial charge in [0.2, 0.25) is 0 Å². The van der Waals surface area contributed by atoms with Crippen LogP contribution in [0.4, 0.5) is 0 Å². The summed E-state index contributed by atoms with van der Waals surface area (Å²) in [4.78, 5) is 33.5. The molecule has 0 N–H and O–H groups in total. The molecular weight excluding hydrogens is 414 g/mol. The Labute approximate surface area is 194 Å². The molecule has 0 unspecified atom stereocenters. The lowest BCUT2D eigenvalue weighted by Crippen LogP contribution is -2.50. The maximum absolute atomic E-state index is 13.5. The summed E-state index contributed by atoms with van der Waals surface area (Å²) in [6.07, 6.45) is 2.63. The number of hydrogen-bond acceptors (Lipinski definition) is 5. The summed E-state index contributed by atoms with van der Waals surface area (Å²) >= 11 is 0. The molecule has 1 aromatic heterocycles. The van der Waals surface area contributed by atoms with Crippen molar-refractivity contribution in [2.24, 2.45) is 0 Å². The summed E-state index contributed by atoms with van der Waals surface area (Å²) in [5.41, 5.74) is 1.18. The van der Waals surface area contributed by atoms with Crippen LogP contribution in [-0.4, -0.2) is 82.7 Å². The highest BCUT2D eigenvalue weighted by molar-refractivity contribution is 6.04. The van der Waals surface area contributed by atoms with E-state index < -0.39 is 0 Å². The first-order valence-electron chi connectivity index (χ1n) is 12.0. The molecule has 0 radical (unpaired) electrons. The zero-order valence-corrected chi connectivity index (χ0v) is 19.0. The highest BCUT2D eigenvalue weighted by atomic mass is 16.2. The first-order valence-corrected chi connectivity index (χ1v) is 12.0. The van der Waals surface area contributed by atoms with Crippen LogP contribution in [0.5, 0.6) is 0 Å². The minimum Gasteiger partial charge on any atom is -0.335 e. The van der Waals surface area contributed by atoms with Gasteiger partial charge in [-0.25, -0.2) is 4.68 Å². The van der Waals surface area contributed by atoms with E-state index in [1.54, 1.807) is 6.07 Å². The van der Waals surface area contributed by atoms with Crippen molar-refractivity contribution >= 4 is 16.7 Å². The fraction of sp³-hybridized carbons (Fsp3) is 0.423. The summed E-state index contributed by atoms with van der Waals surface area (Å²) in [7, 11) is 0. The molecule has 5 rings (SSSR count). The van der Waals surface area contributed by atoms with Gasteiger partial charge in [-0.3, -0.25) is 14.5 Å². The van der Waals surface area contributed by atoms with E-state index >= 15 is 0 Å². The minimum atomic E-state index is -0.169. The van der Waals surface area contributed by atoms with Crippen molar-refractivity contribution in [2.75, 3.05) is 52.4 Å². The standard InChI is InChI=1S/C26H31N5O2/c32-25-23-11-5-4-10-22(23)24(27-31(25)20-21-8-2-1-3-9-21)26(33)30-18-16-29(17-19-30)15-14-28-12-6-7-13-28/h1-5,8-11H,6-7,12-20H2. The number of hydrogen-bond donors (Lipinski definition) is 0. The normalized spacial score (nSPS) is 17.6. The van der Waals surface area contributed by atoms with E-state index in [9.17, 15) is 9.59 Å². The lowest BCUT2D eigenvalue weighted by atomic mass is 10.1. The van der Waals surface area contributed by atoms with Crippen LogP contribution < -0.4 is 5.56 Å². The molecule has 2 aliphatic rings. The van der Waals surface area contributed by atoms with Crippen molar-refractivity contribution in [3.8, 4) is 0 Å². The molecule has 1 amide bonds. The Morgan fingerprint density at radius 2 is 1.36 bits per heavy atom. The molecule has 3 heterocycles. The average molecular weight is 446 g/mol. The molecule has 3 aromatic rings. The molecule has 172 valence electrons. The lowest BCUT2D eigenvalue weighted by molar-refractivity contribution is 0.0620. The van der Waals surface area contributed by atoms with E-state index in [1.165, 1.54) is 30.6 Å². The topological polar surface area (TPSA) is 61.7 Å². The third-order valence-corrected chi connectivity index (χ3v) is 6.84. The van der Waals surface area contributed by atoms with Crippen molar-refractivity contribution in [3.63, 3.8) is 0 Å². The van der Waals surface area contributed by atoms with Crippen LogP contribution >= 0.6 is 0 Å². The molecule has 7 nitrogen and oxygen atoms in total. The third kappa shape index (κ3) is 4.84. The Bertz CT molecular complexity index is 1160. The number of fused-ring (bicyclic) bond motifs is 1. The quantitative estimate of drug-likeness (QED) is 0.583. The van der Waals surface area contributed by atoms with Gasteiger partial charge in [-0.1, -0.05) is 48.5 Å². The molecule has 0 atom stereocenters. The summed E-state index contributed by atoms with van der Waals surface area (Å²) in [6, 6.07) is 17.1. The molecule has 7 heteroatoms. The molecule has 0 saturated carbocycles. The fourth-order valence-electron chi connectivity index (χ4n) is 4.87. The van der Waals surface area contributed by atoms with Crippen molar-refractivity contribution in [1.29, 1.82) is 0 Å². The Morgan fingerprint density at radius 3 is 2.06 bits per heavy atom. The molecule has 2 aliphatic heterocycles. The van der Waals surface area contributed by atoms with Crippen LogP contribution in [0.25, 0.3) is 10.8 Å². The lowest BCUT2D eigenvalue weighted by Gasteiger charge is -2.35. The number of nitrogens with zero attached hydrogens (tertiary/aromatic N) is 5. The first kappa shape index (κ1) is 21.8. The van der Waals surface area contributed by atoms with Gasteiger partial charge in [-0.2, -0.15) is 5.10 Å². The number of rotatable bonds is 6. The van der Waals surface area contributed by atoms with E-state index in [0.717, 1.165) is 31.7 Å². The number of carbonyl (C=O) groups excluding carboxylic acids is 1. The fourth-order valence-corrected chi connectivity index (χ4v) is 4.87. The molecular formula is C26H31N5O2. The molecule has 2 fully saturated rings. The second kappa shape index (κ2) is 9.85. The first-order chi connectivity index (χ1) is 16.2. The smallest absolute Gasteiger partial charge is 0.275 e. The van der Waals surface area contributed by atoms with Gasteiger partial charge in [-0.15, -0.1) is 0 Å². The molecule has 2 aromatic carbocycles. The number of piperazine rings is 1. The van der Waals surface area contributed by atoms with Crippen LogP contribution in [0.15, 0.2) is 59.4 Å². The molecule has 33 heavy (non-hydrogen) atoms. The maximum Gasteiger partial charge on any atom is 0.275 e. The molecule has 0 spiro atoms. The van der Waals surface area contributed by atoms with Gasteiger partial charge >= 0.3 is 0 Å². The monoisotopic (exact) mass is 445 g/mol. The summed E-state index contributed by atoms with van der Waals surface area (Å²) < 4.78 is 1.43. The maximum atomic E-state index is 13.5. The van der Waals surface area contributed by atoms with Crippen molar-refractivity contribution in [2.45, 2.75) is 19.4 Å². The highest BCUT2D eigenvalue weighted by Crippen LogP contribution is 2.17. The Hall–Kier alpha value is -3.03. The summed E-state index contributed by atoms with van der Waals surface area (Å²) in [5, 5.41) is 5.74. The van der Waals surface area contributed by atoms with E-state index in [1.807, 2.05) is 53.4 Å². The van der Waals surface area contributed by atoms with Gasteiger partial charge in [0.15, 0.2) is 5.69 Å². The van der Waals surface area contributed by atoms with Gasteiger partial charge in [-0.05, 0) is 37.6 Å². The Morgan fingerprint density at radius 1 is 0.758 bits per heavy atom. The third-order valence-electron chi connectivity index (χ3n) is 6.84. The predicted octanol–water partition coefficient (Wildman–Crippen LogP) is 2.30. The molecule has 0 bridgehead atoms. The van der Waals surface area contributed by atoms with Crippen LogP contribution in [-0.2, 0) is 6.54 Å². The number of carbonyl (C=O) groups is 1. The van der Waals surface area contributed by atoms with Gasteiger partial charge in [0.05, 0.1) is 11.9 Å². The Kier molecular flexibility index (Phi) is 6.51. The van der Waals surface area contributed by atoms with Gasteiger partial charge < -0.3 is 9.80 Å². The van der Waals surface area contributed by atoms with Crippen LogP contribution in [0.2, 0.25) is 0 Å². The number of aromatic nitrogens is 2.